The summed E-state index contributed by atoms with van der Waals surface area (Å²) < 4.78 is 0. The summed E-state index contributed by atoms with van der Waals surface area (Å²) in [5.74, 6) is -0.569. The number of hydrogen-bond acceptors (Lipinski definition) is 3. The van der Waals surface area contributed by atoms with Gasteiger partial charge in [-0.3, -0.25) is 9.59 Å². The van der Waals surface area contributed by atoms with Gasteiger partial charge in [-0.15, -0.1) is 0 Å². The summed E-state index contributed by atoms with van der Waals surface area (Å²) in [7, 11) is 0. The van der Waals surface area contributed by atoms with Crippen molar-refractivity contribution in [3.63, 3.8) is 0 Å². The molecule has 0 spiro atoms. The van der Waals surface area contributed by atoms with Gasteiger partial charge < -0.3 is 20.6 Å². The van der Waals surface area contributed by atoms with E-state index in [0.717, 1.165) is 16.3 Å². The van der Waals surface area contributed by atoms with Gasteiger partial charge in [0.25, 0.3) is 0 Å². The maximum Gasteiger partial charge on any atom is 0.323 e. The minimum Gasteiger partial charge on any atom is -0.347 e. The van der Waals surface area contributed by atoms with Crippen molar-refractivity contribution in [1.82, 2.24) is 15.3 Å². The molecule has 140 valence electrons. The molecule has 7 heteroatoms. The summed E-state index contributed by atoms with van der Waals surface area (Å²) in [4.78, 5) is 40.9. The number of carbonyl (C=O) groups is 2. The number of benzene rings is 3. The molecule has 28 heavy (non-hydrogen) atoms. The average Bonchev–Trinajstić information content (AvgIpc) is 3.06. The molecule has 4 N–H and O–H groups in total. The molecule has 0 aliphatic carbocycles. The van der Waals surface area contributed by atoms with Crippen LogP contribution in [0.4, 0.5) is 5.69 Å². The fourth-order valence-corrected chi connectivity index (χ4v) is 3.18. The molecule has 4 aromatic rings. The molecule has 1 aromatic heterocycles. The SMILES string of the molecule is O=C(Cc1cccc2ccccc12)NCC(=O)Nc1ccc2[nH]c(=O)[nH]c2c1. The Labute approximate surface area is 159 Å². The van der Waals surface area contributed by atoms with E-state index in [1.165, 1.54) is 0 Å². The van der Waals surface area contributed by atoms with E-state index < -0.39 is 0 Å². The van der Waals surface area contributed by atoms with E-state index in [-0.39, 0.29) is 30.5 Å². The number of H-pyrrole nitrogens is 2. The van der Waals surface area contributed by atoms with Crippen LogP contribution in [0, 0.1) is 0 Å². The Morgan fingerprint density at radius 3 is 2.54 bits per heavy atom. The Morgan fingerprint density at radius 1 is 0.857 bits per heavy atom. The van der Waals surface area contributed by atoms with Gasteiger partial charge in [0, 0.05) is 5.69 Å². The molecule has 0 unspecified atom stereocenters. The number of aromatic nitrogens is 2. The predicted octanol–water partition coefficient (Wildman–Crippen LogP) is 2.31. The summed E-state index contributed by atoms with van der Waals surface area (Å²) in [5, 5.41) is 7.44. The Bertz CT molecular complexity index is 1230. The second kappa shape index (κ2) is 7.40. The molecule has 0 saturated heterocycles. The van der Waals surface area contributed by atoms with Gasteiger partial charge in [0.1, 0.15) is 0 Å². The topological polar surface area (TPSA) is 107 Å². The highest BCUT2D eigenvalue weighted by Crippen LogP contribution is 2.19. The molecular formula is C21H18N4O3. The first kappa shape index (κ1) is 17.5. The number of hydrogen-bond donors (Lipinski definition) is 4. The Balaban J connectivity index is 1.36. The molecule has 2 amide bonds. The van der Waals surface area contributed by atoms with Crippen molar-refractivity contribution < 1.29 is 9.59 Å². The molecule has 0 radical (unpaired) electrons. The summed E-state index contributed by atoms with van der Waals surface area (Å²) in [6.45, 7) is -0.134. The number of amides is 2. The lowest BCUT2D eigenvalue weighted by atomic mass is 10.0. The summed E-state index contributed by atoms with van der Waals surface area (Å²) in [6, 6.07) is 18.7. The highest BCUT2D eigenvalue weighted by Gasteiger charge is 2.09. The minimum absolute atomic E-state index is 0.134. The molecule has 3 aromatic carbocycles. The zero-order valence-electron chi connectivity index (χ0n) is 14.9. The van der Waals surface area contributed by atoms with Gasteiger partial charge in [0.05, 0.1) is 24.0 Å². The first-order chi connectivity index (χ1) is 13.6. The van der Waals surface area contributed by atoms with Crippen molar-refractivity contribution in [3.8, 4) is 0 Å². The van der Waals surface area contributed by atoms with Crippen molar-refractivity contribution in [1.29, 1.82) is 0 Å². The van der Waals surface area contributed by atoms with E-state index in [1.54, 1.807) is 18.2 Å². The first-order valence-electron chi connectivity index (χ1n) is 8.84. The van der Waals surface area contributed by atoms with Gasteiger partial charge in [-0.2, -0.15) is 0 Å². The summed E-state index contributed by atoms with van der Waals surface area (Å²) in [6.07, 6.45) is 0.200. The van der Waals surface area contributed by atoms with Crippen molar-refractivity contribution in [2.45, 2.75) is 6.42 Å². The van der Waals surface area contributed by atoms with Gasteiger partial charge in [0.15, 0.2) is 0 Å². The van der Waals surface area contributed by atoms with Crippen molar-refractivity contribution in [3.05, 3.63) is 76.7 Å². The fraction of sp³-hybridized carbons (Fsp3) is 0.0952. The molecule has 4 rings (SSSR count). The van der Waals surface area contributed by atoms with E-state index >= 15 is 0 Å². The molecule has 0 fully saturated rings. The molecule has 7 nitrogen and oxygen atoms in total. The van der Waals surface area contributed by atoms with Crippen LogP contribution in [-0.4, -0.2) is 28.3 Å². The van der Waals surface area contributed by atoms with Crippen LogP contribution in [-0.2, 0) is 16.0 Å². The van der Waals surface area contributed by atoms with E-state index in [2.05, 4.69) is 20.6 Å². The quantitative estimate of drug-likeness (QED) is 0.431. The third-order valence-corrected chi connectivity index (χ3v) is 4.48. The third kappa shape index (κ3) is 3.78. The second-order valence-corrected chi connectivity index (χ2v) is 6.48. The standard InChI is InChI=1S/C21H18N4O3/c26-19(10-14-6-3-5-13-4-1-2-7-16(13)14)22-12-20(27)23-15-8-9-17-18(11-15)25-21(28)24-17/h1-9,11H,10,12H2,(H,22,26)(H,23,27)(H2,24,25,28). The van der Waals surface area contributed by atoms with Crippen molar-refractivity contribution in [2.24, 2.45) is 0 Å². The number of aromatic amines is 2. The molecular weight excluding hydrogens is 356 g/mol. The number of fused-ring (bicyclic) bond motifs is 2. The number of carbonyl (C=O) groups excluding carboxylic acids is 2. The van der Waals surface area contributed by atoms with E-state index in [4.69, 9.17) is 0 Å². The Morgan fingerprint density at radius 2 is 1.64 bits per heavy atom. The molecule has 1 heterocycles. The van der Waals surface area contributed by atoms with E-state index in [9.17, 15) is 14.4 Å². The van der Waals surface area contributed by atoms with E-state index in [1.807, 2.05) is 42.5 Å². The average molecular weight is 374 g/mol. The molecule has 0 aliphatic rings. The maximum atomic E-state index is 12.3. The molecule has 0 saturated carbocycles. The molecule has 0 aliphatic heterocycles. The van der Waals surface area contributed by atoms with Crippen LogP contribution in [0.25, 0.3) is 21.8 Å². The number of rotatable bonds is 5. The van der Waals surface area contributed by atoms with Gasteiger partial charge in [-0.25, -0.2) is 4.79 Å². The van der Waals surface area contributed by atoms with Crippen LogP contribution < -0.4 is 16.3 Å². The zero-order valence-corrected chi connectivity index (χ0v) is 14.9. The first-order valence-corrected chi connectivity index (χ1v) is 8.84. The molecule has 0 bridgehead atoms. The van der Waals surface area contributed by atoms with Gasteiger partial charge >= 0.3 is 5.69 Å². The highest BCUT2D eigenvalue weighted by atomic mass is 16.2. The lowest BCUT2D eigenvalue weighted by Crippen LogP contribution is -2.33. The number of nitrogens with one attached hydrogen (secondary N) is 4. The maximum absolute atomic E-state index is 12.3. The van der Waals surface area contributed by atoms with Gasteiger partial charge in [-0.1, -0.05) is 42.5 Å². The number of imidazole rings is 1. The predicted molar refractivity (Wildman–Crippen MR) is 108 cm³/mol. The largest absolute Gasteiger partial charge is 0.347 e. The fourth-order valence-electron chi connectivity index (χ4n) is 3.18. The normalized spacial score (nSPS) is 10.9. The minimum atomic E-state index is -0.344. The molecule has 0 atom stereocenters. The Hall–Kier alpha value is -3.87. The van der Waals surface area contributed by atoms with Crippen LogP contribution in [0.3, 0.4) is 0 Å². The van der Waals surface area contributed by atoms with Gasteiger partial charge in [0.2, 0.25) is 11.8 Å². The smallest absolute Gasteiger partial charge is 0.323 e. The van der Waals surface area contributed by atoms with Gasteiger partial charge in [-0.05, 0) is 34.5 Å². The zero-order chi connectivity index (χ0) is 19.5. The summed E-state index contributed by atoms with van der Waals surface area (Å²) in [5.41, 5.74) is 2.40. The number of anilines is 1. The van der Waals surface area contributed by atoms with Crippen LogP contribution >= 0.6 is 0 Å². The van der Waals surface area contributed by atoms with Crippen LogP contribution in [0.15, 0.2) is 65.5 Å². The third-order valence-electron chi connectivity index (χ3n) is 4.48. The van der Waals surface area contributed by atoms with Crippen molar-refractivity contribution >= 4 is 39.3 Å². The van der Waals surface area contributed by atoms with Crippen molar-refractivity contribution in [2.75, 3.05) is 11.9 Å². The monoisotopic (exact) mass is 374 g/mol. The lowest BCUT2D eigenvalue weighted by molar-refractivity contribution is -0.123. The van der Waals surface area contributed by atoms with Crippen LogP contribution in [0.1, 0.15) is 5.56 Å². The van der Waals surface area contributed by atoms with Crippen LogP contribution in [0.2, 0.25) is 0 Å². The Kier molecular flexibility index (Phi) is 4.63. The summed E-state index contributed by atoms with van der Waals surface area (Å²) >= 11 is 0. The second-order valence-electron chi connectivity index (χ2n) is 6.48. The van der Waals surface area contributed by atoms with Crippen LogP contribution in [0.5, 0.6) is 0 Å². The highest BCUT2D eigenvalue weighted by molar-refractivity contribution is 5.97. The van der Waals surface area contributed by atoms with E-state index in [0.29, 0.717) is 16.7 Å². The lowest BCUT2D eigenvalue weighted by Gasteiger charge is -2.09.